The van der Waals surface area contributed by atoms with Gasteiger partial charge < -0.3 is 19.3 Å². The molecular weight excluding hydrogens is 404 g/mol. The number of carbonyl (C=O) groups excluding carboxylic acids is 1. The SMILES string of the molecule is COc1ccc(/C=C/c2c(C)c(OC)cc(OC)c2/C=C/C(=O)c2cccc(O)c2)cc1. The van der Waals surface area contributed by atoms with Gasteiger partial charge in [0.1, 0.15) is 23.0 Å². The van der Waals surface area contributed by atoms with Crippen LogP contribution in [-0.4, -0.2) is 32.2 Å². The summed E-state index contributed by atoms with van der Waals surface area (Å²) in [5.41, 5.74) is 3.95. The third-order valence-electron chi connectivity index (χ3n) is 5.12. The summed E-state index contributed by atoms with van der Waals surface area (Å²) in [5.74, 6) is 1.89. The van der Waals surface area contributed by atoms with Crippen molar-refractivity contribution in [2.75, 3.05) is 21.3 Å². The zero-order valence-corrected chi connectivity index (χ0v) is 18.6. The van der Waals surface area contributed by atoms with Gasteiger partial charge in [0.2, 0.25) is 0 Å². The molecule has 0 saturated carbocycles. The lowest BCUT2D eigenvalue weighted by atomic mass is 9.97. The number of rotatable bonds is 8. The lowest BCUT2D eigenvalue weighted by Crippen LogP contribution is -1.99. The number of ketones is 1. The van der Waals surface area contributed by atoms with Crippen molar-refractivity contribution in [2.45, 2.75) is 6.92 Å². The molecule has 0 aliphatic heterocycles. The predicted molar refractivity (Wildman–Crippen MR) is 128 cm³/mol. The zero-order chi connectivity index (χ0) is 23.1. The van der Waals surface area contributed by atoms with Gasteiger partial charge in [-0.05, 0) is 60.0 Å². The molecule has 0 atom stereocenters. The number of benzene rings is 3. The molecule has 0 aliphatic rings. The van der Waals surface area contributed by atoms with Gasteiger partial charge in [-0.1, -0.05) is 36.4 Å². The zero-order valence-electron chi connectivity index (χ0n) is 18.6. The van der Waals surface area contributed by atoms with Crippen LogP contribution in [0.5, 0.6) is 23.0 Å². The van der Waals surface area contributed by atoms with Crippen molar-refractivity contribution in [1.82, 2.24) is 0 Å². The second kappa shape index (κ2) is 10.4. The van der Waals surface area contributed by atoms with Crippen molar-refractivity contribution in [3.8, 4) is 23.0 Å². The molecule has 0 spiro atoms. The van der Waals surface area contributed by atoms with Crippen LogP contribution in [-0.2, 0) is 0 Å². The van der Waals surface area contributed by atoms with E-state index in [4.69, 9.17) is 14.2 Å². The molecule has 0 amide bonds. The quantitative estimate of drug-likeness (QED) is 0.278. The second-order valence-electron chi connectivity index (χ2n) is 7.09. The molecule has 3 aromatic carbocycles. The Bertz CT molecular complexity index is 1160. The van der Waals surface area contributed by atoms with Crippen molar-refractivity contribution in [3.63, 3.8) is 0 Å². The highest BCUT2D eigenvalue weighted by Gasteiger charge is 2.14. The molecule has 3 rings (SSSR count). The van der Waals surface area contributed by atoms with Crippen molar-refractivity contribution in [1.29, 1.82) is 0 Å². The normalized spacial score (nSPS) is 11.1. The largest absolute Gasteiger partial charge is 0.508 e. The van der Waals surface area contributed by atoms with Crippen LogP contribution >= 0.6 is 0 Å². The fraction of sp³-hybridized carbons (Fsp3) is 0.148. The van der Waals surface area contributed by atoms with Gasteiger partial charge in [-0.25, -0.2) is 0 Å². The number of phenolic OH excluding ortho intramolecular Hbond substituents is 1. The molecule has 1 N–H and O–H groups in total. The molecule has 0 unspecified atom stereocenters. The Morgan fingerprint density at radius 3 is 2.16 bits per heavy atom. The van der Waals surface area contributed by atoms with Crippen LogP contribution in [0.2, 0.25) is 0 Å². The van der Waals surface area contributed by atoms with Crippen LogP contribution < -0.4 is 14.2 Å². The number of hydrogen-bond donors (Lipinski definition) is 1. The summed E-state index contributed by atoms with van der Waals surface area (Å²) in [6.45, 7) is 1.96. The third kappa shape index (κ3) is 5.19. The van der Waals surface area contributed by atoms with Gasteiger partial charge in [-0.15, -0.1) is 0 Å². The number of allylic oxidation sites excluding steroid dienone is 1. The minimum atomic E-state index is -0.221. The highest BCUT2D eigenvalue weighted by Crippen LogP contribution is 2.35. The van der Waals surface area contributed by atoms with E-state index in [2.05, 4.69) is 0 Å². The first-order valence-electron chi connectivity index (χ1n) is 10.1. The van der Waals surface area contributed by atoms with E-state index >= 15 is 0 Å². The lowest BCUT2D eigenvalue weighted by Gasteiger charge is -2.15. The fourth-order valence-corrected chi connectivity index (χ4v) is 3.35. The van der Waals surface area contributed by atoms with E-state index in [1.165, 1.54) is 18.2 Å². The van der Waals surface area contributed by atoms with E-state index in [1.807, 2.05) is 43.3 Å². The second-order valence-corrected chi connectivity index (χ2v) is 7.09. The van der Waals surface area contributed by atoms with E-state index in [-0.39, 0.29) is 11.5 Å². The maximum absolute atomic E-state index is 12.6. The summed E-state index contributed by atoms with van der Waals surface area (Å²) < 4.78 is 16.3. The minimum absolute atomic E-state index is 0.0465. The molecule has 5 heteroatoms. The summed E-state index contributed by atoms with van der Waals surface area (Å²) in [6, 6.07) is 15.8. The van der Waals surface area contributed by atoms with E-state index in [9.17, 15) is 9.90 Å². The maximum Gasteiger partial charge on any atom is 0.185 e. The first kappa shape index (κ1) is 22.7. The molecule has 0 heterocycles. The first-order chi connectivity index (χ1) is 15.5. The molecule has 0 radical (unpaired) electrons. The molecule has 5 nitrogen and oxygen atoms in total. The Hall–Kier alpha value is -3.99. The molecule has 0 bridgehead atoms. The Labute approximate surface area is 188 Å². The van der Waals surface area contributed by atoms with Crippen molar-refractivity contribution in [2.24, 2.45) is 0 Å². The molecule has 3 aromatic rings. The van der Waals surface area contributed by atoms with Crippen molar-refractivity contribution >= 4 is 24.0 Å². The number of methoxy groups -OCH3 is 3. The minimum Gasteiger partial charge on any atom is -0.508 e. The highest BCUT2D eigenvalue weighted by atomic mass is 16.5. The highest BCUT2D eigenvalue weighted by molar-refractivity contribution is 6.07. The Morgan fingerprint density at radius 2 is 1.53 bits per heavy atom. The van der Waals surface area contributed by atoms with Crippen LogP contribution in [0.1, 0.15) is 32.6 Å². The first-order valence-corrected chi connectivity index (χ1v) is 10.1. The van der Waals surface area contributed by atoms with E-state index < -0.39 is 0 Å². The van der Waals surface area contributed by atoms with Crippen LogP contribution in [0.3, 0.4) is 0 Å². The Kier molecular flexibility index (Phi) is 7.34. The molecule has 32 heavy (non-hydrogen) atoms. The fourth-order valence-electron chi connectivity index (χ4n) is 3.35. The van der Waals surface area contributed by atoms with Gasteiger partial charge in [0.25, 0.3) is 0 Å². The molecule has 0 aliphatic carbocycles. The molecule has 0 saturated heterocycles. The van der Waals surface area contributed by atoms with E-state index in [0.717, 1.165) is 28.0 Å². The molecule has 0 aromatic heterocycles. The van der Waals surface area contributed by atoms with Gasteiger partial charge in [0.15, 0.2) is 5.78 Å². The van der Waals surface area contributed by atoms with Gasteiger partial charge in [0.05, 0.1) is 21.3 Å². The van der Waals surface area contributed by atoms with Gasteiger partial charge >= 0.3 is 0 Å². The van der Waals surface area contributed by atoms with Crippen LogP contribution in [0.15, 0.2) is 60.7 Å². The van der Waals surface area contributed by atoms with Crippen LogP contribution in [0, 0.1) is 6.92 Å². The predicted octanol–water partition coefficient (Wildman–Crippen LogP) is 5.79. The Morgan fingerprint density at radius 1 is 0.812 bits per heavy atom. The maximum atomic E-state index is 12.6. The van der Waals surface area contributed by atoms with Gasteiger partial charge in [0, 0.05) is 17.2 Å². The Balaban J connectivity index is 2.04. The molecular formula is C27H26O5. The average molecular weight is 431 g/mol. The lowest BCUT2D eigenvalue weighted by molar-refractivity contribution is 0.104. The summed E-state index contributed by atoms with van der Waals surface area (Å²) in [7, 11) is 4.82. The summed E-state index contributed by atoms with van der Waals surface area (Å²) >= 11 is 0. The number of hydrogen-bond acceptors (Lipinski definition) is 5. The molecule has 0 fully saturated rings. The summed E-state index contributed by atoms with van der Waals surface area (Å²) in [6.07, 6.45) is 7.16. The van der Waals surface area contributed by atoms with Gasteiger partial charge in [-0.3, -0.25) is 4.79 Å². The number of ether oxygens (including phenoxy) is 3. The van der Waals surface area contributed by atoms with Gasteiger partial charge in [-0.2, -0.15) is 0 Å². The molecule has 164 valence electrons. The number of aromatic hydroxyl groups is 1. The number of carbonyl (C=O) groups is 1. The third-order valence-corrected chi connectivity index (χ3v) is 5.12. The van der Waals surface area contributed by atoms with Crippen molar-refractivity contribution in [3.05, 3.63) is 88.5 Å². The number of phenols is 1. The van der Waals surface area contributed by atoms with Crippen LogP contribution in [0.4, 0.5) is 0 Å². The van der Waals surface area contributed by atoms with Crippen molar-refractivity contribution < 1.29 is 24.1 Å². The summed E-state index contributed by atoms with van der Waals surface area (Å²) in [5, 5.41) is 9.65. The average Bonchev–Trinajstić information content (AvgIpc) is 2.82. The van der Waals surface area contributed by atoms with Crippen LogP contribution in [0.25, 0.3) is 18.2 Å². The smallest absolute Gasteiger partial charge is 0.185 e. The van der Waals surface area contributed by atoms with E-state index in [0.29, 0.717) is 17.1 Å². The summed E-state index contributed by atoms with van der Waals surface area (Å²) in [4.78, 5) is 12.6. The standard InChI is InChI=1S/C27H26O5/c1-18-23(13-10-19-8-11-22(30-2)12-9-19)24(27(32-4)17-26(18)31-3)14-15-25(29)20-6-5-7-21(28)16-20/h5-17,28H,1-4H3/b13-10+,15-14+. The topological polar surface area (TPSA) is 65.0 Å². The monoisotopic (exact) mass is 430 g/mol. The van der Waals surface area contributed by atoms with E-state index in [1.54, 1.807) is 45.6 Å².